The highest BCUT2D eigenvalue weighted by Crippen LogP contribution is 2.23. The number of nitrogens with one attached hydrogen (secondary N) is 1. The van der Waals surface area contributed by atoms with Crippen LogP contribution >= 0.6 is 11.8 Å². The van der Waals surface area contributed by atoms with Crippen LogP contribution in [0, 0.1) is 5.92 Å². The Bertz CT molecular complexity index is 452. The van der Waals surface area contributed by atoms with E-state index in [0.29, 0.717) is 18.7 Å². The first-order chi connectivity index (χ1) is 9.70. The van der Waals surface area contributed by atoms with Gasteiger partial charge in [-0.1, -0.05) is 18.7 Å². The molecular weight excluding hydrogens is 286 g/mol. The molecule has 0 fully saturated rings. The molecule has 0 aliphatic heterocycles. The smallest absolute Gasteiger partial charge is 0.230 e. The van der Waals surface area contributed by atoms with Crippen molar-refractivity contribution in [2.75, 3.05) is 12.3 Å². The number of hydrogen-bond donors (Lipinski definition) is 2. The zero-order chi connectivity index (χ0) is 16.0. The molecule has 6 heteroatoms. The van der Waals surface area contributed by atoms with Crippen molar-refractivity contribution in [3.63, 3.8) is 0 Å². The molecule has 0 aromatic carbocycles. The Balaban J connectivity index is 2.39. The molecule has 5 nitrogen and oxygen atoms in total. The third-order valence-electron chi connectivity index (χ3n) is 3.05. The van der Waals surface area contributed by atoms with E-state index in [2.05, 4.69) is 35.6 Å². The second kappa shape index (κ2) is 7.84. The van der Waals surface area contributed by atoms with Crippen molar-refractivity contribution < 1.29 is 9.90 Å². The molecule has 1 aromatic heterocycles. The van der Waals surface area contributed by atoms with Crippen LogP contribution in [0.2, 0.25) is 0 Å². The molecule has 0 bridgehead atoms. The van der Waals surface area contributed by atoms with E-state index in [1.54, 1.807) is 13.1 Å². The molecule has 0 aliphatic carbocycles. The summed E-state index contributed by atoms with van der Waals surface area (Å²) in [5.74, 6) is 0.630. The molecule has 2 unspecified atom stereocenters. The second-order valence-corrected chi connectivity index (χ2v) is 7.48. The van der Waals surface area contributed by atoms with E-state index < -0.39 is 0 Å². The Labute approximate surface area is 131 Å². The van der Waals surface area contributed by atoms with E-state index in [1.807, 2.05) is 13.1 Å². The maximum Gasteiger partial charge on any atom is 0.230 e. The molecular formula is C15H27N3O2S. The summed E-state index contributed by atoms with van der Waals surface area (Å²) in [5, 5.41) is 13.1. The summed E-state index contributed by atoms with van der Waals surface area (Å²) in [6, 6.07) is 0. The predicted octanol–water partition coefficient (Wildman–Crippen LogP) is 2.25. The van der Waals surface area contributed by atoms with Gasteiger partial charge in [0.15, 0.2) is 5.16 Å². The van der Waals surface area contributed by atoms with Crippen molar-refractivity contribution in [1.29, 1.82) is 0 Å². The molecule has 1 rings (SSSR count). The number of rotatable bonds is 7. The van der Waals surface area contributed by atoms with Gasteiger partial charge in [-0.25, -0.2) is 4.98 Å². The highest BCUT2D eigenvalue weighted by Gasteiger charge is 2.17. The Morgan fingerprint density at radius 3 is 2.71 bits per heavy atom. The van der Waals surface area contributed by atoms with E-state index in [0.717, 1.165) is 5.16 Å². The van der Waals surface area contributed by atoms with Crippen molar-refractivity contribution >= 4 is 17.7 Å². The van der Waals surface area contributed by atoms with Gasteiger partial charge in [-0.15, -0.1) is 0 Å². The monoisotopic (exact) mass is 313 g/mol. The normalized spacial score (nSPS) is 14.8. The van der Waals surface area contributed by atoms with Crippen molar-refractivity contribution in [3.8, 4) is 0 Å². The summed E-state index contributed by atoms with van der Waals surface area (Å²) >= 11 is 1.44. The first kappa shape index (κ1) is 18.0. The zero-order valence-electron chi connectivity index (χ0n) is 13.6. The summed E-state index contributed by atoms with van der Waals surface area (Å²) in [6.45, 7) is 10.7. The van der Waals surface area contributed by atoms with Crippen LogP contribution in [0.5, 0.6) is 0 Å². The Morgan fingerprint density at radius 1 is 1.48 bits per heavy atom. The van der Waals surface area contributed by atoms with Gasteiger partial charge in [-0.3, -0.25) is 4.79 Å². The summed E-state index contributed by atoms with van der Waals surface area (Å²) in [7, 11) is 0. The van der Waals surface area contributed by atoms with E-state index in [-0.39, 0.29) is 23.5 Å². The summed E-state index contributed by atoms with van der Waals surface area (Å²) < 4.78 is 2.07. The number of nitrogens with zero attached hydrogens (tertiary/aromatic N) is 2. The minimum atomic E-state index is -0.328. The summed E-state index contributed by atoms with van der Waals surface area (Å²) in [4.78, 5) is 16.2. The maximum absolute atomic E-state index is 11.9. The Morgan fingerprint density at radius 2 is 2.14 bits per heavy atom. The van der Waals surface area contributed by atoms with Gasteiger partial charge in [-0.2, -0.15) is 0 Å². The van der Waals surface area contributed by atoms with Gasteiger partial charge in [0.05, 0.1) is 11.9 Å². The van der Waals surface area contributed by atoms with Gasteiger partial charge in [0.2, 0.25) is 5.91 Å². The third-order valence-corrected chi connectivity index (χ3v) is 4.02. The lowest BCUT2D eigenvalue weighted by atomic mass is 10.1. The van der Waals surface area contributed by atoms with Gasteiger partial charge < -0.3 is 15.0 Å². The highest BCUT2D eigenvalue weighted by molar-refractivity contribution is 7.99. The third kappa shape index (κ3) is 6.52. The van der Waals surface area contributed by atoms with Crippen LogP contribution < -0.4 is 5.32 Å². The molecule has 0 saturated carbocycles. The fourth-order valence-corrected chi connectivity index (χ4v) is 3.01. The molecule has 1 heterocycles. The van der Waals surface area contributed by atoms with Crippen LogP contribution in [0.25, 0.3) is 0 Å². The number of imidazole rings is 1. The molecule has 0 spiro atoms. The SMILES string of the molecule is CC(O)CC(C)CNC(=O)CSc1nccn1C(C)(C)C. The lowest BCUT2D eigenvalue weighted by Gasteiger charge is -2.22. The van der Waals surface area contributed by atoms with Crippen LogP contribution in [0.4, 0.5) is 0 Å². The Kier molecular flexibility index (Phi) is 6.74. The lowest BCUT2D eigenvalue weighted by Crippen LogP contribution is -2.31. The number of aliphatic hydroxyl groups is 1. The average molecular weight is 313 g/mol. The first-order valence-corrected chi connectivity index (χ1v) is 8.30. The number of aromatic nitrogens is 2. The first-order valence-electron chi connectivity index (χ1n) is 7.31. The van der Waals surface area contributed by atoms with E-state index in [9.17, 15) is 9.90 Å². The molecule has 0 saturated heterocycles. The molecule has 1 amide bonds. The van der Waals surface area contributed by atoms with Crippen molar-refractivity contribution in [2.45, 2.75) is 57.8 Å². The maximum atomic E-state index is 11.9. The van der Waals surface area contributed by atoms with E-state index in [4.69, 9.17) is 0 Å². The molecule has 0 aliphatic rings. The van der Waals surface area contributed by atoms with E-state index in [1.165, 1.54) is 11.8 Å². The fourth-order valence-electron chi connectivity index (χ4n) is 2.04. The molecule has 2 N–H and O–H groups in total. The number of carbonyl (C=O) groups excluding carboxylic acids is 1. The average Bonchev–Trinajstić information content (AvgIpc) is 2.81. The standard InChI is InChI=1S/C15H27N3O2S/c1-11(8-12(2)19)9-17-13(20)10-21-14-16-6-7-18(14)15(3,4)5/h6-7,11-12,19H,8-10H2,1-5H3,(H,17,20). The quantitative estimate of drug-likeness (QED) is 0.758. The largest absolute Gasteiger partial charge is 0.393 e. The van der Waals surface area contributed by atoms with Crippen LogP contribution in [-0.2, 0) is 10.3 Å². The number of hydrogen-bond acceptors (Lipinski definition) is 4. The van der Waals surface area contributed by atoms with Crippen LogP contribution in [0.3, 0.4) is 0 Å². The minimum Gasteiger partial charge on any atom is -0.393 e. The van der Waals surface area contributed by atoms with Gasteiger partial charge in [0, 0.05) is 24.5 Å². The highest BCUT2D eigenvalue weighted by atomic mass is 32.2. The topological polar surface area (TPSA) is 67.2 Å². The number of thioether (sulfide) groups is 1. The number of carbonyl (C=O) groups is 1. The summed E-state index contributed by atoms with van der Waals surface area (Å²) in [5.41, 5.74) is -0.0406. The van der Waals surface area contributed by atoms with Gasteiger partial charge in [-0.05, 0) is 40.0 Å². The molecule has 21 heavy (non-hydrogen) atoms. The van der Waals surface area contributed by atoms with Gasteiger partial charge >= 0.3 is 0 Å². The molecule has 0 radical (unpaired) electrons. The van der Waals surface area contributed by atoms with Crippen molar-refractivity contribution in [2.24, 2.45) is 5.92 Å². The predicted molar refractivity (Wildman–Crippen MR) is 86.4 cm³/mol. The second-order valence-electron chi connectivity index (χ2n) is 6.53. The number of amides is 1. The fraction of sp³-hybridized carbons (Fsp3) is 0.733. The van der Waals surface area contributed by atoms with Crippen molar-refractivity contribution in [3.05, 3.63) is 12.4 Å². The van der Waals surface area contributed by atoms with Gasteiger partial charge in [0.1, 0.15) is 0 Å². The molecule has 120 valence electrons. The van der Waals surface area contributed by atoms with Crippen LogP contribution in [-0.4, -0.2) is 39.0 Å². The Hall–Kier alpha value is -1.01. The molecule has 1 aromatic rings. The zero-order valence-corrected chi connectivity index (χ0v) is 14.4. The molecule has 2 atom stereocenters. The minimum absolute atomic E-state index is 0.000835. The van der Waals surface area contributed by atoms with Crippen LogP contribution in [0.15, 0.2) is 17.6 Å². The summed E-state index contributed by atoms with van der Waals surface area (Å²) in [6.07, 6.45) is 4.06. The lowest BCUT2D eigenvalue weighted by molar-refractivity contribution is -0.118. The van der Waals surface area contributed by atoms with Crippen molar-refractivity contribution in [1.82, 2.24) is 14.9 Å². The van der Waals surface area contributed by atoms with E-state index >= 15 is 0 Å². The number of aliphatic hydroxyl groups excluding tert-OH is 1. The van der Waals surface area contributed by atoms with Crippen LogP contribution in [0.1, 0.15) is 41.0 Å². The van der Waals surface area contributed by atoms with Gasteiger partial charge in [0.25, 0.3) is 0 Å².